The van der Waals surface area contributed by atoms with Crippen molar-refractivity contribution in [1.29, 1.82) is 0 Å². The molecule has 0 aromatic heterocycles. The molecule has 1 aliphatic heterocycles. The summed E-state index contributed by atoms with van der Waals surface area (Å²) in [6.07, 6.45) is -0.507. The third-order valence-electron chi connectivity index (χ3n) is 5.30. The molecule has 0 unspecified atom stereocenters. The molecule has 0 radical (unpaired) electrons. The van der Waals surface area contributed by atoms with E-state index in [9.17, 15) is 0 Å². The summed E-state index contributed by atoms with van der Waals surface area (Å²) in [7, 11) is 0. The Kier molecular flexibility index (Phi) is 5.05. The van der Waals surface area contributed by atoms with Crippen LogP contribution in [0.1, 0.15) is 34.5 Å². The van der Waals surface area contributed by atoms with E-state index in [4.69, 9.17) is 9.47 Å². The lowest BCUT2D eigenvalue weighted by molar-refractivity contribution is -0.00776. The Morgan fingerprint density at radius 3 is 1.00 bits per heavy atom. The molecule has 0 N–H and O–H groups in total. The molecule has 0 fully saturated rings. The summed E-state index contributed by atoms with van der Waals surface area (Å²) in [5, 5.41) is 0. The number of hydrogen-bond acceptors (Lipinski definition) is 2. The van der Waals surface area contributed by atoms with Gasteiger partial charge in [0.2, 0.25) is 0 Å². The molecule has 0 saturated carbocycles. The topological polar surface area (TPSA) is 18.5 Å². The Morgan fingerprint density at radius 1 is 0.367 bits per heavy atom. The molecule has 4 aromatic carbocycles. The number of rotatable bonds is 4. The summed E-state index contributed by atoms with van der Waals surface area (Å²) in [5.41, 5.74) is 4.19. The van der Waals surface area contributed by atoms with E-state index < -0.39 is 0 Å². The van der Waals surface area contributed by atoms with Gasteiger partial charge in [-0.3, -0.25) is 0 Å². The van der Waals surface area contributed by atoms with E-state index >= 15 is 0 Å². The van der Waals surface area contributed by atoms with Gasteiger partial charge >= 0.3 is 0 Å². The van der Waals surface area contributed by atoms with E-state index in [1.165, 1.54) is 0 Å². The van der Waals surface area contributed by atoms with Crippen LogP contribution in [0.4, 0.5) is 0 Å². The Hall–Kier alpha value is -3.78. The average molecular weight is 390 g/mol. The van der Waals surface area contributed by atoms with Crippen molar-refractivity contribution >= 4 is 11.5 Å². The van der Waals surface area contributed by atoms with Crippen LogP contribution in [0.5, 0.6) is 0 Å². The van der Waals surface area contributed by atoms with Gasteiger partial charge in [-0.15, -0.1) is 0 Å². The number of benzene rings is 4. The van der Waals surface area contributed by atoms with Gasteiger partial charge < -0.3 is 9.47 Å². The van der Waals surface area contributed by atoms with Crippen molar-refractivity contribution in [3.8, 4) is 0 Å². The van der Waals surface area contributed by atoms with Crippen molar-refractivity contribution < 1.29 is 9.47 Å². The van der Waals surface area contributed by atoms with E-state index in [1.54, 1.807) is 0 Å². The Morgan fingerprint density at radius 2 is 0.667 bits per heavy atom. The second-order valence-corrected chi connectivity index (χ2v) is 7.29. The molecule has 146 valence electrons. The first-order valence-electron chi connectivity index (χ1n) is 10.2. The maximum absolute atomic E-state index is 6.75. The first kappa shape index (κ1) is 18.3. The van der Waals surface area contributed by atoms with E-state index in [-0.39, 0.29) is 12.2 Å². The van der Waals surface area contributed by atoms with Crippen LogP contribution in [0.3, 0.4) is 0 Å². The minimum atomic E-state index is -0.253. The summed E-state index contributed by atoms with van der Waals surface area (Å²) in [6, 6.07) is 41.0. The molecule has 2 atom stereocenters. The van der Waals surface area contributed by atoms with Crippen molar-refractivity contribution in [3.05, 3.63) is 144 Å². The highest BCUT2D eigenvalue weighted by Gasteiger charge is 2.36. The van der Waals surface area contributed by atoms with Gasteiger partial charge in [0, 0.05) is 11.1 Å². The predicted molar refractivity (Wildman–Crippen MR) is 120 cm³/mol. The van der Waals surface area contributed by atoms with Crippen molar-refractivity contribution in [2.45, 2.75) is 12.2 Å². The van der Waals surface area contributed by atoms with E-state index in [2.05, 4.69) is 48.5 Å². The SMILES string of the molecule is c1ccc(C2=C(c3ccccc3)O[C@@H](c3ccccc3)[C@@H](c3ccccc3)O2)cc1. The second-order valence-electron chi connectivity index (χ2n) is 7.29. The van der Waals surface area contributed by atoms with Crippen LogP contribution in [0.15, 0.2) is 121 Å². The first-order valence-corrected chi connectivity index (χ1v) is 10.2. The number of hydrogen-bond donors (Lipinski definition) is 0. The van der Waals surface area contributed by atoms with Gasteiger partial charge in [0.05, 0.1) is 0 Å². The molecule has 0 aliphatic carbocycles. The van der Waals surface area contributed by atoms with E-state index in [0.29, 0.717) is 0 Å². The van der Waals surface area contributed by atoms with Gasteiger partial charge in [0.1, 0.15) is 0 Å². The largest absolute Gasteiger partial charge is 0.477 e. The normalized spacial score (nSPS) is 18.4. The van der Waals surface area contributed by atoms with Crippen LogP contribution in [0, 0.1) is 0 Å². The fourth-order valence-corrected chi connectivity index (χ4v) is 3.83. The summed E-state index contributed by atoms with van der Waals surface area (Å²) >= 11 is 0. The summed E-state index contributed by atoms with van der Waals surface area (Å²) in [5.74, 6) is 1.53. The van der Waals surface area contributed by atoms with E-state index in [0.717, 1.165) is 33.8 Å². The highest BCUT2D eigenvalue weighted by atomic mass is 16.6. The number of ether oxygens (including phenoxy) is 2. The van der Waals surface area contributed by atoms with Gasteiger partial charge in [-0.25, -0.2) is 0 Å². The summed E-state index contributed by atoms with van der Waals surface area (Å²) < 4.78 is 13.5. The maximum atomic E-state index is 6.75. The third kappa shape index (κ3) is 3.60. The van der Waals surface area contributed by atoms with Crippen LogP contribution >= 0.6 is 0 Å². The summed E-state index contributed by atoms with van der Waals surface area (Å²) in [6.45, 7) is 0. The first-order chi connectivity index (χ1) is 14.9. The fraction of sp³-hybridized carbons (Fsp3) is 0.0714. The Labute approximate surface area is 177 Å². The predicted octanol–water partition coefficient (Wildman–Crippen LogP) is 7.04. The molecule has 1 heterocycles. The molecule has 0 saturated heterocycles. The zero-order chi connectivity index (χ0) is 20.2. The molecule has 2 heteroatoms. The molecule has 0 bridgehead atoms. The second kappa shape index (κ2) is 8.30. The molecule has 4 aromatic rings. The van der Waals surface area contributed by atoms with E-state index in [1.807, 2.05) is 72.8 Å². The van der Waals surface area contributed by atoms with Crippen LogP contribution in [0.25, 0.3) is 11.5 Å². The lowest BCUT2D eigenvalue weighted by Crippen LogP contribution is -2.22. The van der Waals surface area contributed by atoms with Crippen molar-refractivity contribution in [2.75, 3.05) is 0 Å². The van der Waals surface area contributed by atoms with Gasteiger partial charge in [-0.2, -0.15) is 0 Å². The minimum absolute atomic E-state index is 0.253. The highest BCUT2D eigenvalue weighted by Crippen LogP contribution is 2.47. The minimum Gasteiger partial charge on any atom is -0.477 e. The van der Waals surface area contributed by atoms with Crippen molar-refractivity contribution in [1.82, 2.24) is 0 Å². The van der Waals surface area contributed by atoms with Crippen molar-refractivity contribution in [3.63, 3.8) is 0 Å². The zero-order valence-corrected chi connectivity index (χ0v) is 16.5. The third-order valence-corrected chi connectivity index (χ3v) is 5.30. The standard InChI is InChI=1S/C28H22O2/c1-5-13-21(14-6-1)25-26(22-15-7-2-8-16-22)30-28(24-19-11-4-12-20-24)27(29-25)23-17-9-3-10-18-23/h1-20,25-26H/t25-,26+. The highest BCUT2D eigenvalue weighted by molar-refractivity contribution is 5.85. The van der Waals surface area contributed by atoms with Crippen LogP contribution in [-0.2, 0) is 9.47 Å². The lowest BCUT2D eigenvalue weighted by atomic mass is 9.95. The van der Waals surface area contributed by atoms with Crippen LogP contribution in [-0.4, -0.2) is 0 Å². The van der Waals surface area contributed by atoms with Gasteiger partial charge in [0.15, 0.2) is 23.7 Å². The van der Waals surface area contributed by atoms with Gasteiger partial charge in [-0.05, 0) is 11.1 Å². The molecule has 30 heavy (non-hydrogen) atoms. The smallest absolute Gasteiger partial charge is 0.170 e. The molecule has 2 nitrogen and oxygen atoms in total. The summed E-state index contributed by atoms with van der Waals surface area (Å²) in [4.78, 5) is 0. The monoisotopic (exact) mass is 390 g/mol. The fourth-order valence-electron chi connectivity index (χ4n) is 3.83. The molecular formula is C28H22O2. The van der Waals surface area contributed by atoms with Crippen LogP contribution in [0.2, 0.25) is 0 Å². The maximum Gasteiger partial charge on any atom is 0.170 e. The average Bonchev–Trinajstić information content (AvgIpc) is 2.85. The van der Waals surface area contributed by atoms with Gasteiger partial charge in [0.25, 0.3) is 0 Å². The van der Waals surface area contributed by atoms with Crippen LogP contribution < -0.4 is 0 Å². The molecule has 0 spiro atoms. The quantitative estimate of drug-likeness (QED) is 0.372. The molecular weight excluding hydrogens is 368 g/mol. The zero-order valence-electron chi connectivity index (χ0n) is 16.5. The Bertz CT molecular complexity index is 1030. The molecule has 1 aliphatic rings. The Balaban J connectivity index is 1.69. The molecule has 0 amide bonds. The lowest BCUT2D eigenvalue weighted by Gasteiger charge is -2.36. The molecule has 5 rings (SSSR count). The van der Waals surface area contributed by atoms with Gasteiger partial charge in [-0.1, -0.05) is 121 Å². The van der Waals surface area contributed by atoms with Crippen molar-refractivity contribution in [2.24, 2.45) is 0 Å².